The molecule has 1 rings (SSSR count). The van der Waals surface area contributed by atoms with Crippen molar-refractivity contribution in [3.05, 3.63) is 15.8 Å². The van der Waals surface area contributed by atoms with Crippen LogP contribution in [0.3, 0.4) is 0 Å². The maximum Gasteiger partial charge on any atom is 0.106 e. The minimum absolute atomic E-state index is 0.936. The third-order valence-electron chi connectivity index (χ3n) is 1.34. The van der Waals surface area contributed by atoms with Gasteiger partial charge in [-0.3, -0.25) is 0 Å². The number of thioether (sulfide) groups is 1. The van der Waals surface area contributed by atoms with Gasteiger partial charge in [0.15, 0.2) is 0 Å². The van der Waals surface area contributed by atoms with E-state index in [0.29, 0.717) is 0 Å². The Hall–Kier alpha value is 0.340. The number of hydrogen-bond acceptors (Lipinski definition) is 2. The molecule has 1 aromatic heterocycles. The lowest BCUT2D eigenvalue weighted by molar-refractivity contribution is 0.896. The summed E-state index contributed by atoms with van der Waals surface area (Å²) in [6.07, 6.45) is 2.53. The van der Waals surface area contributed by atoms with Gasteiger partial charge in [0.2, 0.25) is 0 Å². The summed E-state index contributed by atoms with van der Waals surface area (Å²) in [6.45, 7) is 2.20. The molecule has 0 amide bonds. The van der Waals surface area contributed by atoms with Gasteiger partial charge in [-0.25, -0.2) is 0 Å². The second-order valence-electron chi connectivity index (χ2n) is 2.26. The van der Waals surface area contributed by atoms with Gasteiger partial charge in [0.25, 0.3) is 0 Å². The summed E-state index contributed by atoms with van der Waals surface area (Å²) in [5.41, 5.74) is 0. The van der Waals surface area contributed by atoms with Gasteiger partial charge in [0.05, 0.1) is 0 Å². The van der Waals surface area contributed by atoms with Crippen LogP contribution in [-0.2, 0) is 0 Å². The van der Waals surface area contributed by atoms with E-state index >= 15 is 0 Å². The Morgan fingerprint density at radius 3 is 3.00 bits per heavy atom. The van der Waals surface area contributed by atoms with Crippen molar-refractivity contribution in [3.63, 3.8) is 0 Å². The van der Waals surface area contributed by atoms with E-state index in [1.165, 1.54) is 23.5 Å². The Kier molecular flexibility index (Phi) is 4.34. The van der Waals surface area contributed by atoms with Gasteiger partial charge in [0, 0.05) is 4.90 Å². The molecule has 0 saturated heterocycles. The number of halogens is 1. The molecule has 0 fully saturated rings. The first kappa shape index (κ1) is 9.43. The van der Waals surface area contributed by atoms with Gasteiger partial charge in [-0.05, 0) is 23.6 Å². The van der Waals surface area contributed by atoms with Crippen molar-refractivity contribution >= 4 is 34.7 Å². The lowest BCUT2D eigenvalue weighted by Gasteiger charge is -1.96. The van der Waals surface area contributed by atoms with Crippen LogP contribution in [0.5, 0.6) is 0 Å². The summed E-state index contributed by atoms with van der Waals surface area (Å²) >= 11 is 9.38. The van der Waals surface area contributed by atoms with E-state index in [-0.39, 0.29) is 0 Å². The van der Waals surface area contributed by atoms with Crippen LogP contribution in [0, 0.1) is 0 Å². The zero-order valence-corrected chi connectivity index (χ0v) is 8.86. The highest BCUT2D eigenvalue weighted by Gasteiger charge is 2.00. The summed E-state index contributed by atoms with van der Waals surface area (Å²) in [5.74, 6) is 1.19. The summed E-state index contributed by atoms with van der Waals surface area (Å²) < 4.78 is 0.936. The first-order valence-electron chi connectivity index (χ1n) is 3.70. The molecule has 0 aromatic carbocycles. The van der Waals surface area contributed by atoms with Crippen molar-refractivity contribution in [1.82, 2.24) is 0 Å². The molecule has 0 aliphatic rings. The van der Waals surface area contributed by atoms with Gasteiger partial charge < -0.3 is 0 Å². The molecule has 0 N–H and O–H groups in total. The largest absolute Gasteiger partial charge is 0.131 e. The Bertz CT molecular complexity index is 208. The second-order valence-corrected chi connectivity index (χ2v) is 4.92. The molecule has 0 radical (unpaired) electrons. The topological polar surface area (TPSA) is 0 Å². The quantitative estimate of drug-likeness (QED) is 0.523. The van der Waals surface area contributed by atoms with Crippen LogP contribution in [0.15, 0.2) is 16.3 Å². The van der Waals surface area contributed by atoms with Gasteiger partial charge >= 0.3 is 0 Å². The number of unbranched alkanes of at least 4 members (excludes halogenated alkanes) is 1. The second kappa shape index (κ2) is 5.07. The van der Waals surface area contributed by atoms with Crippen LogP contribution in [-0.4, -0.2) is 5.75 Å². The predicted octanol–water partition coefficient (Wildman–Crippen LogP) is 4.29. The Balaban J connectivity index is 2.32. The zero-order valence-electron chi connectivity index (χ0n) is 6.47. The molecule has 1 aromatic rings. The normalized spacial score (nSPS) is 10.4. The zero-order chi connectivity index (χ0) is 8.10. The number of hydrogen-bond donors (Lipinski definition) is 0. The molecule has 0 atom stereocenters. The molecule has 3 heteroatoms. The summed E-state index contributed by atoms with van der Waals surface area (Å²) in [5, 5.41) is 2.04. The highest BCUT2D eigenvalue weighted by molar-refractivity contribution is 7.99. The van der Waals surface area contributed by atoms with E-state index in [4.69, 9.17) is 11.6 Å². The van der Waals surface area contributed by atoms with Crippen molar-refractivity contribution in [1.29, 1.82) is 0 Å². The minimum atomic E-state index is 0.936. The fraction of sp³-hybridized carbons (Fsp3) is 0.500. The maximum atomic E-state index is 5.92. The first-order valence-corrected chi connectivity index (χ1v) is 5.94. The molecule has 0 bridgehead atoms. The molecular formula is C8H11ClS2. The van der Waals surface area contributed by atoms with Crippen LogP contribution < -0.4 is 0 Å². The molecule has 11 heavy (non-hydrogen) atoms. The van der Waals surface area contributed by atoms with Gasteiger partial charge in [-0.15, -0.1) is 23.1 Å². The molecule has 0 saturated carbocycles. The molecule has 0 spiro atoms. The summed E-state index contributed by atoms with van der Waals surface area (Å²) in [6, 6.07) is 2.09. The lowest BCUT2D eigenvalue weighted by Crippen LogP contribution is -1.75. The highest BCUT2D eigenvalue weighted by Crippen LogP contribution is 2.32. The van der Waals surface area contributed by atoms with E-state index in [9.17, 15) is 0 Å². The molecule has 62 valence electrons. The van der Waals surface area contributed by atoms with Crippen molar-refractivity contribution in [2.24, 2.45) is 0 Å². The average Bonchev–Trinajstić information content (AvgIpc) is 2.37. The van der Waals surface area contributed by atoms with E-state index < -0.39 is 0 Å². The predicted molar refractivity (Wildman–Crippen MR) is 55.0 cm³/mol. The molecule has 0 aliphatic carbocycles. The highest BCUT2D eigenvalue weighted by atomic mass is 35.5. The van der Waals surface area contributed by atoms with E-state index in [2.05, 4.69) is 13.0 Å². The van der Waals surface area contributed by atoms with Crippen LogP contribution in [0.1, 0.15) is 19.8 Å². The fourth-order valence-electron chi connectivity index (χ4n) is 0.710. The monoisotopic (exact) mass is 206 g/mol. The molecule has 0 nitrogen and oxygen atoms in total. The minimum Gasteiger partial charge on any atom is -0.131 e. The SMILES string of the molecule is CCCCSc1ccsc1Cl. The van der Waals surface area contributed by atoms with Crippen LogP contribution in [0.4, 0.5) is 0 Å². The van der Waals surface area contributed by atoms with E-state index in [1.54, 1.807) is 11.3 Å². The van der Waals surface area contributed by atoms with Crippen LogP contribution in [0.2, 0.25) is 4.34 Å². The number of rotatable bonds is 4. The maximum absolute atomic E-state index is 5.92. The van der Waals surface area contributed by atoms with Gasteiger partial charge in [0.1, 0.15) is 4.34 Å². The summed E-state index contributed by atoms with van der Waals surface area (Å²) in [4.78, 5) is 1.24. The standard InChI is InChI=1S/C8H11ClS2/c1-2-3-5-10-7-4-6-11-8(7)9/h4,6H,2-3,5H2,1H3. The summed E-state index contributed by atoms with van der Waals surface area (Å²) in [7, 11) is 0. The van der Waals surface area contributed by atoms with Crippen molar-refractivity contribution in [2.45, 2.75) is 24.7 Å². The van der Waals surface area contributed by atoms with Crippen LogP contribution >= 0.6 is 34.7 Å². The third-order valence-corrected chi connectivity index (χ3v) is 3.90. The van der Waals surface area contributed by atoms with Crippen molar-refractivity contribution in [3.8, 4) is 0 Å². The van der Waals surface area contributed by atoms with E-state index in [0.717, 1.165) is 4.34 Å². The third kappa shape index (κ3) is 3.06. The fourth-order valence-corrected chi connectivity index (χ4v) is 2.94. The Labute approximate surface area is 81.0 Å². The Morgan fingerprint density at radius 1 is 1.64 bits per heavy atom. The first-order chi connectivity index (χ1) is 5.34. The smallest absolute Gasteiger partial charge is 0.106 e. The molecule has 1 heterocycles. The Morgan fingerprint density at radius 2 is 2.45 bits per heavy atom. The number of thiophene rings is 1. The molecule has 0 unspecified atom stereocenters. The molecule has 0 aliphatic heterocycles. The van der Waals surface area contributed by atoms with Gasteiger partial charge in [-0.2, -0.15) is 0 Å². The van der Waals surface area contributed by atoms with E-state index in [1.807, 2.05) is 17.1 Å². The molecular weight excluding hydrogens is 196 g/mol. The average molecular weight is 207 g/mol. The van der Waals surface area contributed by atoms with Gasteiger partial charge in [-0.1, -0.05) is 24.9 Å². The van der Waals surface area contributed by atoms with Crippen molar-refractivity contribution < 1.29 is 0 Å². The lowest BCUT2D eigenvalue weighted by atomic mass is 10.4. The van der Waals surface area contributed by atoms with Crippen molar-refractivity contribution in [2.75, 3.05) is 5.75 Å². The van der Waals surface area contributed by atoms with Crippen LogP contribution in [0.25, 0.3) is 0 Å².